The minimum atomic E-state index is 0.392. The van der Waals surface area contributed by atoms with Crippen molar-refractivity contribution in [2.75, 3.05) is 0 Å². The zero-order valence-corrected chi connectivity index (χ0v) is 11.8. The maximum atomic E-state index is 4.39. The van der Waals surface area contributed by atoms with Gasteiger partial charge in [-0.2, -0.15) is 0 Å². The molecule has 5 heteroatoms. The molecule has 0 saturated carbocycles. The molecule has 0 aliphatic carbocycles. The van der Waals surface area contributed by atoms with Crippen LogP contribution in [0.3, 0.4) is 0 Å². The molecule has 2 aromatic heterocycles. The molecule has 0 fully saturated rings. The van der Waals surface area contributed by atoms with E-state index in [0.717, 1.165) is 24.0 Å². The Morgan fingerprint density at radius 1 is 1.06 bits per heavy atom. The van der Waals surface area contributed by atoms with E-state index in [0.29, 0.717) is 11.8 Å². The number of imidazole rings is 1. The third-order valence-electron chi connectivity index (χ3n) is 3.09. The summed E-state index contributed by atoms with van der Waals surface area (Å²) in [4.78, 5) is 4.39. The summed E-state index contributed by atoms with van der Waals surface area (Å²) in [5, 5.41) is 8.53. The maximum absolute atomic E-state index is 4.39. The van der Waals surface area contributed by atoms with E-state index in [9.17, 15) is 0 Å². The normalized spacial score (nSPS) is 11.7. The van der Waals surface area contributed by atoms with Gasteiger partial charge in [-0.15, -0.1) is 10.2 Å². The van der Waals surface area contributed by atoms with Crippen LogP contribution in [0.4, 0.5) is 0 Å². The Morgan fingerprint density at radius 2 is 1.72 bits per heavy atom. The molecular formula is C13H21N5. The molecule has 0 aliphatic heterocycles. The molecule has 0 bridgehead atoms. The van der Waals surface area contributed by atoms with E-state index in [1.54, 1.807) is 0 Å². The Hall–Kier alpha value is -1.65. The fraction of sp³-hybridized carbons (Fsp3) is 0.615. The van der Waals surface area contributed by atoms with Gasteiger partial charge in [0.25, 0.3) is 0 Å². The molecule has 0 N–H and O–H groups in total. The minimum absolute atomic E-state index is 0.392. The summed E-state index contributed by atoms with van der Waals surface area (Å²) >= 11 is 0. The zero-order chi connectivity index (χ0) is 13.3. The molecule has 2 heterocycles. The zero-order valence-electron chi connectivity index (χ0n) is 11.8. The van der Waals surface area contributed by atoms with E-state index in [4.69, 9.17) is 0 Å². The van der Waals surface area contributed by atoms with Crippen LogP contribution in [-0.4, -0.2) is 24.3 Å². The molecule has 18 heavy (non-hydrogen) atoms. The summed E-state index contributed by atoms with van der Waals surface area (Å²) in [7, 11) is 2.02. The smallest absolute Gasteiger partial charge is 0.152 e. The van der Waals surface area contributed by atoms with Crippen LogP contribution in [0.5, 0.6) is 0 Å². The molecule has 0 spiro atoms. The van der Waals surface area contributed by atoms with Crippen molar-refractivity contribution in [3.63, 3.8) is 0 Å². The lowest BCUT2D eigenvalue weighted by atomic mass is 10.2. The third-order valence-corrected chi connectivity index (χ3v) is 3.09. The molecule has 98 valence electrons. The van der Waals surface area contributed by atoms with E-state index in [-0.39, 0.29) is 0 Å². The van der Waals surface area contributed by atoms with Gasteiger partial charge in [-0.3, -0.25) is 0 Å². The molecule has 0 aromatic carbocycles. The van der Waals surface area contributed by atoms with Gasteiger partial charge in [0.1, 0.15) is 11.6 Å². The average molecular weight is 247 g/mol. The second-order valence-electron chi connectivity index (χ2n) is 5.26. The van der Waals surface area contributed by atoms with E-state index in [1.807, 2.05) is 19.4 Å². The van der Waals surface area contributed by atoms with E-state index < -0.39 is 0 Å². The molecule has 0 saturated heterocycles. The summed E-state index contributed by atoms with van der Waals surface area (Å²) < 4.78 is 4.22. The van der Waals surface area contributed by atoms with Crippen LogP contribution in [0.2, 0.25) is 0 Å². The number of nitrogens with zero attached hydrogens (tertiary/aromatic N) is 5. The first-order chi connectivity index (χ1) is 8.50. The minimum Gasteiger partial charge on any atom is -0.327 e. The van der Waals surface area contributed by atoms with Crippen LogP contribution >= 0.6 is 0 Å². The van der Waals surface area contributed by atoms with Gasteiger partial charge in [-0.05, 0) is 0 Å². The van der Waals surface area contributed by atoms with Gasteiger partial charge in [0.15, 0.2) is 5.82 Å². The average Bonchev–Trinajstić information content (AvgIpc) is 2.87. The first kappa shape index (κ1) is 12.8. The van der Waals surface area contributed by atoms with Crippen molar-refractivity contribution in [3.8, 4) is 0 Å². The van der Waals surface area contributed by atoms with Crippen LogP contribution in [0, 0.1) is 0 Å². The topological polar surface area (TPSA) is 48.5 Å². The number of rotatable bonds is 4. The summed E-state index contributed by atoms with van der Waals surface area (Å²) in [6, 6.07) is 0. The Bertz CT molecular complexity index is 521. The third kappa shape index (κ3) is 2.30. The van der Waals surface area contributed by atoms with Crippen LogP contribution in [-0.2, 0) is 13.6 Å². The second-order valence-corrected chi connectivity index (χ2v) is 5.26. The van der Waals surface area contributed by atoms with Crippen LogP contribution in [0.25, 0.3) is 0 Å². The van der Waals surface area contributed by atoms with Crippen molar-refractivity contribution < 1.29 is 0 Å². The molecule has 0 atom stereocenters. The molecule has 0 amide bonds. The largest absolute Gasteiger partial charge is 0.327 e. The number of hydrogen-bond acceptors (Lipinski definition) is 3. The van der Waals surface area contributed by atoms with Crippen molar-refractivity contribution in [2.45, 2.75) is 46.1 Å². The van der Waals surface area contributed by atoms with Crippen LogP contribution in [0.15, 0.2) is 12.4 Å². The highest BCUT2D eigenvalue weighted by atomic mass is 15.3. The molecule has 2 aromatic rings. The monoisotopic (exact) mass is 247 g/mol. The van der Waals surface area contributed by atoms with E-state index >= 15 is 0 Å². The lowest BCUT2D eigenvalue weighted by molar-refractivity contribution is 0.620. The fourth-order valence-corrected chi connectivity index (χ4v) is 2.12. The van der Waals surface area contributed by atoms with Crippen LogP contribution < -0.4 is 0 Å². The van der Waals surface area contributed by atoms with Crippen molar-refractivity contribution in [2.24, 2.45) is 7.05 Å². The van der Waals surface area contributed by atoms with Gasteiger partial charge >= 0.3 is 0 Å². The highest BCUT2D eigenvalue weighted by Crippen LogP contribution is 2.15. The molecule has 5 nitrogen and oxygen atoms in total. The Kier molecular flexibility index (Phi) is 3.50. The molecule has 0 aliphatic rings. The Balaban J connectivity index is 2.26. The van der Waals surface area contributed by atoms with E-state index in [1.165, 1.54) is 0 Å². The lowest BCUT2D eigenvalue weighted by Gasteiger charge is -2.10. The summed E-state index contributed by atoms with van der Waals surface area (Å²) in [6.45, 7) is 9.28. The predicted molar refractivity (Wildman–Crippen MR) is 70.5 cm³/mol. The van der Waals surface area contributed by atoms with Gasteiger partial charge in [-0.1, -0.05) is 27.7 Å². The van der Waals surface area contributed by atoms with Gasteiger partial charge in [0.05, 0.1) is 6.54 Å². The molecular weight excluding hydrogens is 226 g/mol. The van der Waals surface area contributed by atoms with Gasteiger partial charge in [0.2, 0.25) is 0 Å². The summed E-state index contributed by atoms with van der Waals surface area (Å²) in [5.74, 6) is 3.89. The molecule has 2 rings (SSSR count). The summed E-state index contributed by atoms with van der Waals surface area (Å²) in [6.07, 6.45) is 3.84. The van der Waals surface area contributed by atoms with Crippen molar-refractivity contribution in [1.29, 1.82) is 0 Å². The SMILES string of the molecule is CC(C)c1nccn1Cc1nnc(C(C)C)n1C. The highest BCUT2D eigenvalue weighted by Gasteiger charge is 2.14. The van der Waals surface area contributed by atoms with Crippen molar-refractivity contribution in [3.05, 3.63) is 29.9 Å². The molecule has 0 unspecified atom stereocenters. The van der Waals surface area contributed by atoms with Crippen molar-refractivity contribution >= 4 is 0 Å². The standard InChI is InChI=1S/C13H21N5/c1-9(2)12-14-6-7-18(12)8-11-15-16-13(10(3)4)17(11)5/h6-7,9-10H,8H2,1-5H3. The predicted octanol–water partition coefficient (Wildman–Crippen LogP) is 2.31. The van der Waals surface area contributed by atoms with Gasteiger partial charge < -0.3 is 9.13 Å². The van der Waals surface area contributed by atoms with Gasteiger partial charge in [0, 0.05) is 31.3 Å². The fourth-order valence-electron chi connectivity index (χ4n) is 2.12. The maximum Gasteiger partial charge on any atom is 0.152 e. The Labute approximate surface area is 108 Å². The quantitative estimate of drug-likeness (QED) is 0.833. The van der Waals surface area contributed by atoms with E-state index in [2.05, 4.69) is 52.0 Å². The lowest BCUT2D eigenvalue weighted by Crippen LogP contribution is -2.11. The highest BCUT2D eigenvalue weighted by molar-refractivity contribution is 5.04. The van der Waals surface area contributed by atoms with Crippen molar-refractivity contribution in [1.82, 2.24) is 24.3 Å². The second kappa shape index (κ2) is 4.92. The Morgan fingerprint density at radius 3 is 2.28 bits per heavy atom. The first-order valence-electron chi connectivity index (χ1n) is 6.40. The van der Waals surface area contributed by atoms with Crippen LogP contribution in [0.1, 0.15) is 57.0 Å². The first-order valence-corrected chi connectivity index (χ1v) is 6.40. The summed E-state index contributed by atoms with van der Waals surface area (Å²) in [5.41, 5.74) is 0. The van der Waals surface area contributed by atoms with Gasteiger partial charge in [-0.25, -0.2) is 4.98 Å². The molecule has 0 radical (unpaired) electrons. The number of hydrogen-bond donors (Lipinski definition) is 0. The number of aromatic nitrogens is 5.